The average Bonchev–Trinajstić information content (AvgIpc) is 3.66. The molecule has 0 aliphatic heterocycles. The molecule has 10 heteroatoms. The minimum atomic E-state index is -0.398. The molecule has 2 aliphatic carbocycles. The number of amides is 2. The molecular formula is C29H36FN5O4. The Hall–Kier alpha value is -3.53. The first-order valence-corrected chi connectivity index (χ1v) is 13.6. The third-order valence-electron chi connectivity index (χ3n) is 7.83. The molecule has 39 heavy (non-hydrogen) atoms. The van der Waals surface area contributed by atoms with Crippen LogP contribution in [-0.4, -0.2) is 59.2 Å². The Balaban J connectivity index is 1.38. The summed E-state index contributed by atoms with van der Waals surface area (Å²) in [7, 11) is 1.50. The molecule has 3 N–H and O–H groups in total. The number of aromatic nitrogens is 3. The van der Waals surface area contributed by atoms with Crippen molar-refractivity contribution in [2.24, 2.45) is 11.8 Å². The van der Waals surface area contributed by atoms with E-state index in [-0.39, 0.29) is 42.0 Å². The van der Waals surface area contributed by atoms with Crippen LogP contribution >= 0.6 is 0 Å². The Morgan fingerprint density at radius 3 is 2.64 bits per heavy atom. The van der Waals surface area contributed by atoms with E-state index in [1.54, 1.807) is 19.1 Å². The van der Waals surface area contributed by atoms with E-state index in [1.807, 2.05) is 6.92 Å². The molecular weight excluding hydrogens is 501 g/mol. The fourth-order valence-corrected chi connectivity index (χ4v) is 5.46. The van der Waals surface area contributed by atoms with E-state index in [0.717, 1.165) is 32.1 Å². The van der Waals surface area contributed by atoms with Gasteiger partial charge < -0.3 is 25.1 Å². The van der Waals surface area contributed by atoms with Gasteiger partial charge in [0, 0.05) is 24.9 Å². The van der Waals surface area contributed by atoms with Crippen LogP contribution in [-0.2, 0) is 9.53 Å². The first-order valence-electron chi connectivity index (χ1n) is 13.6. The summed E-state index contributed by atoms with van der Waals surface area (Å²) in [5.41, 5.74) is 3.13. The Bertz CT molecular complexity index is 1390. The number of methoxy groups -OCH3 is 1. The van der Waals surface area contributed by atoms with Gasteiger partial charge in [-0.05, 0) is 69.4 Å². The second kappa shape index (κ2) is 11.3. The van der Waals surface area contributed by atoms with Crippen LogP contribution in [0.3, 0.4) is 0 Å². The van der Waals surface area contributed by atoms with Crippen LogP contribution in [0.25, 0.3) is 22.3 Å². The predicted octanol–water partition coefficient (Wildman–Crippen LogP) is 4.22. The number of H-pyrrole nitrogens is 1. The molecule has 3 unspecified atom stereocenters. The van der Waals surface area contributed by atoms with Crippen LogP contribution in [0.5, 0.6) is 5.75 Å². The number of aryl methyl sites for hydroxylation is 2. The van der Waals surface area contributed by atoms with E-state index >= 15 is 4.39 Å². The zero-order chi connectivity index (χ0) is 27.7. The number of hydrogen-bond acceptors (Lipinski definition) is 6. The van der Waals surface area contributed by atoms with Gasteiger partial charge in [0.1, 0.15) is 35.7 Å². The molecule has 0 spiro atoms. The van der Waals surface area contributed by atoms with Crippen molar-refractivity contribution in [3.63, 3.8) is 0 Å². The lowest BCUT2D eigenvalue weighted by molar-refractivity contribution is -0.126. The molecule has 3 aromatic rings. The normalized spacial score (nSPS) is 21.1. The molecule has 2 fully saturated rings. The summed E-state index contributed by atoms with van der Waals surface area (Å²) in [5, 5.41) is 6.18. The number of carbonyl (C=O) groups excluding carboxylic acids is 2. The predicted molar refractivity (Wildman–Crippen MR) is 145 cm³/mol. The average molecular weight is 538 g/mol. The molecule has 0 saturated heterocycles. The van der Waals surface area contributed by atoms with Gasteiger partial charge in [-0.3, -0.25) is 9.59 Å². The number of ether oxygens (including phenoxy) is 2. The first-order chi connectivity index (χ1) is 18.8. The number of benzene rings is 1. The number of rotatable bonds is 9. The molecule has 0 bridgehead atoms. The van der Waals surface area contributed by atoms with Crippen molar-refractivity contribution < 1.29 is 23.5 Å². The number of aromatic amines is 1. The van der Waals surface area contributed by atoms with Gasteiger partial charge in [-0.25, -0.2) is 14.4 Å². The van der Waals surface area contributed by atoms with E-state index < -0.39 is 5.82 Å². The third kappa shape index (κ3) is 5.75. The zero-order valence-electron chi connectivity index (χ0n) is 22.9. The molecule has 208 valence electrons. The van der Waals surface area contributed by atoms with Crippen molar-refractivity contribution in [2.45, 2.75) is 65.0 Å². The number of fused-ring (bicyclic) bond motifs is 1. The van der Waals surface area contributed by atoms with Gasteiger partial charge >= 0.3 is 0 Å². The van der Waals surface area contributed by atoms with Crippen LogP contribution < -0.4 is 15.4 Å². The fraction of sp³-hybridized carbons (Fsp3) is 0.517. The molecule has 5 rings (SSSR count). The highest BCUT2D eigenvalue weighted by Gasteiger charge is 2.31. The summed E-state index contributed by atoms with van der Waals surface area (Å²) in [4.78, 5) is 37.5. The van der Waals surface area contributed by atoms with E-state index in [1.165, 1.54) is 13.4 Å². The lowest BCUT2D eigenvalue weighted by Crippen LogP contribution is -2.48. The maximum Gasteiger partial charge on any atom is 0.255 e. The molecule has 2 aromatic heterocycles. The Morgan fingerprint density at radius 2 is 1.92 bits per heavy atom. The van der Waals surface area contributed by atoms with Crippen molar-refractivity contribution in [1.29, 1.82) is 0 Å². The minimum Gasteiger partial charge on any atom is -0.492 e. The van der Waals surface area contributed by atoms with Crippen LogP contribution in [0, 0.1) is 31.5 Å². The first kappa shape index (κ1) is 27.1. The van der Waals surface area contributed by atoms with Gasteiger partial charge in [0.05, 0.1) is 23.3 Å². The number of carbonyl (C=O) groups is 2. The van der Waals surface area contributed by atoms with Gasteiger partial charge in [0.25, 0.3) is 5.91 Å². The summed E-state index contributed by atoms with van der Waals surface area (Å²) < 4.78 is 26.4. The van der Waals surface area contributed by atoms with Crippen molar-refractivity contribution in [1.82, 2.24) is 25.6 Å². The van der Waals surface area contributed by atoms with Gasteiger partial charge in [0.2, 0.25) is 5.91 Å². The molecule has 2 saturated carbocycles. The highest BCUT2D eigenvalue weighted by Crippen LogP contribution is 2.39. The standard InChI is InChI=1S/C29H36FN5O4/c1-15-5-10-21(39-12-18-6-7-18)24(25(15)30)27-28-26(31-14-32-27)23(17(3)33-28)29(37)34-19-8-9-20(16(2)11-19)35-22(36)13-38-4/h5,10,14,16,18-20,33H,6-9,11-13H2,1-4H3,(H,34,37)(H,35,36). The summed E-state index contributed by atoms with van der Waals surface area (Å²) >= 11 is 0. The maximum absolute atomic E-state index is 15.5. The number of hydrogen-bond donors (Lipinski definition) is 3. The topological polar surface area (TPSA) is 118 Å². The summed E-state index contributed by atoms with van der Waals surface area (Å²) in [5.74, 6) is 0.373. The fourth-order valence-electron chi connectivity index (χ4n) is 5.46. The Labute approximate surface area is 227 Å². The molecule has 1 aromatic carbocycles. The molecule has 9 nitrogen and oxygen atoms in total. The van der Waals surface area contributed by atoms with E-state index in [9.17, 15) is 9.59 Å². The van der Waals surface area contributed by atoms with Gasteiger partial charge in [-0.2, -0.15) is 0 Å². The van der Waals surface area contributed by atoms with Gasteiger partial charge in [0.15, 0.2) is 0 Å². The molecule has 3 atom stereocenters. The maximum atomic E-state index is 15.5. The second-order valence-corrected chi connectivity index (χ2v) is 11.0. The lowest BCUT2D eigenvalue weighted by atomic mass is 9.82. The van der Waals surface area contributed by atoms with Crippen LogP contribution in [0.1, 0.15) is 60.6 Å². The number of nitrogens with zero attached hydrogens (tertiary/aromatic N) is 2. The van der Waals surface area contributed by atoms with Crippen molar-refractivity contribution >= 4 is 22.8 Å². The Morgan fingerprint density at radius 1 is 1.13 bits per heavy atom. The highest BCUT2D eigenvalue weighted by atomic mass is 19.1. The molecule has 2 heterocycles. The lowest BCUT2D eigenvalue weighted by Gasteiger charge is -2.35. The SMILES string of the molecule is COCC(=O)NC1CCC(NC(=O)c2c(C)[nH]c3c(-c4c(OCC5CC5)ccc(C)c4F)ncnc23)CC1C. The monoisotopic (exact) mass is 537 g/mol. The molecule has 0 radical (unpaired) electrons. The van der Waals surface area contributed by atoms with E-state index in [4.69, 9.17) is 9.47 Å². The van der Waals surface area contributed by atoms with Crippen LogP contribution in [0.4, 0.5) is 4.39 Å². The summed E-state index contributed by atoms with van der Waals surface area (Å²) in [6.07, 6.45) is 5.85. The van der Waals surface area contributed by atoms with Crippen molar-refractivity contribution in [2.75, 3.05) is 20.3 Å². The van der Waals surface area contributed by atoms with E-state index in [2.05, 4.69) is 32.5 Å². The highest BCUT2D eigenvalue weighted by molar-refractivity contribution is 6.09. The Kier molecular flexibility index (Phi) is 7.83. The van der Waals surface area contributed by atoms with E-state index in [0.29, 0.717) is 51.8 Å². The number of halogens is 1. The largest absolute Gasteiger partial charge is 0.492 e. The van der Waals surface area contributed by atoms with Crippen LogP contribution in [0.2, 0.25) is 0 Å². The smallest absolute Gasteiger partial charge is 0.255 e. The summed E-state index contributed by atoms with van der Waals surface area (Å²) in [6, 6.07) is 3.50. The van der Waals surface area contributed by atoms with Gasteiger partial charge in [-0.15, -0.1) is 0 Å². The second-order valence-electron chi connectivity index (χ2n) is 11.0. The third-order valence-corrected chi connectivity index (χ3v) is 7.83. The van der Waals surface area contributed by atoms with Crippen LogP contribution in [0.15, 0.2) is 18.5 Å². The minimum absolute atomic E-state index is 0.0354. The van der Waals surface area contributed by atoms with Crippen molar-refractivity contribution in [3.05, 3.63) is 41.1 Å². The van der Waals surface area contributed by atoms with Gasteiger partial charge in [-0.1, -0.05) is 13.0 Å². The number of nitrogens with one attached hydrogen (secondary N) is 3. The molecule has 2 amide bonds. The molecule has 2 aliphatic rings. The quantitative estimate of drug-likeness (QED) is 0.376. The zero-order valence-corrected chi connectivity index (χ0v) is 22.9. The van der Waals surface area contributed by atoms with Crippen molar-refractivity contribution in [3.8, 4) is 17.0 Å². The summed E-state index contributed by atoms with van der Waals surface area (Å²) in [6.45, 7) is 6.17.